The standard InChI is InChI=1S/C12H8F6N2O/c13-11(14,15)8-5-7(6-21)1-2-9(8)20-4-3-10(19-20)12(16,17)18/h1-5,21H,6H2. The molecule has 114 valence electrons. The van der Waals surface area contributed by atoms with E-state index in [0.29, 0.717) is 16.8 Å². The largest absolute Gasteiger partial charge is 0.435 e. The van der Waals surface area contributed by atoms with Crippen molar-refractivity contribution in [3.05, 3.63) is 47.3 Å². The number of nitrogens with zero attached hydrogens (tertiary/aromatic N) is 2. The molecule has 2 rings (SSSR count). The van der Waals surface area contributed by atoms with Crippen LogP contribution in [0.1, 0.15) is 16.8 Å². The van der Waals surface area contributed by atoms with Gasteiger partial charge in [-0.3, -0.25) is 0 Å². The van der Waals surface area contributed by atoms with Gasteiger partial charge in [-0.1, -0.05) is 6.07 Å². The Labute approximate surface area is 114 Å². The highest BCUT2D eigenvalue weighted by Gasteiger charge is 2.36. The Balaban J connectivity index is 2.56. The van der Waals surface area contributed by atoms with Crippen molar-refractivity contribution < 1.29 is 31.4 Å². The summed E-state index contributed by atoms with van der Waals surface area (Å²) in [6, 6.07) is 3.39. The van der Waals surface area contributed by atoms with Crippen LogP contribution in [-0.2, 0) is 19.0 Å². The first-order valence-corrected chi connectivity index (χ1v) is 5.57. The van der Waals surface area contributed by atoms with Crippen molar-refractivity contribution >= 4 is 0 Å². The lowest BCUT2D eigenvalue weighted by atomic mass is 10.1. The van der Waals surface area contributed by atoms with Gasteiger partial charge in [-0.15, -0.1) is 0 Å². The second kappa shape index (κ2) is 5.06. The number of hydrogen-bond donors (Lipinski definition) is 1. The first-order chi connectivity index (χ1) is 9.63. The van der Waals surface area contributed by atoms with Crippen molar-refractivity contribution in [2.24, 2.45) is 0 Å². The number of benzene rings is 1. The molecule has 0 bridgehead atoms. The number of aliphatic hydroxyl groups is 1. The van der Waals surface area contributed by atoms with Gasteiger partial charge < -0.3 is 5.11 Å². The van der Waals surface area contributed by atoms with Crippen LogP contribution >= 0.6 is 0 Å². The third kappa shape index (κ3) is 3.18. The summed E-state index contributed by atoms with van der Waals surface area (Å²) in [4.78, 5) is 0. The fraction of sp³-hybridized carbons (Fsp3) is 0.250. The Morgan fingerprint density at radius 1 is 1.00 bits per heavy atom. The zero-order chi connectivity index (χ0) is 15.8. The SMILES string of the molecule is OCc1ccc(-n2ccc(C(F)(F)F)n2)c(C(F)(F)F)c1. The summed E-state index contributed by atoms with van der Waals surface area (Å²) in [5, 5.41) is 12.0. The molecule has 0 saturated heterocycles. The van der Waals surface area contributed by atoms with Crippen LogP contribution in [-0.4, -0.2) is 14.9 Å². The number of alkyl halides is 6. The van der Waals surface area contributed by atoms with E-state index in [9.17, 15) is 26.3 Å². The summed E-state index contributed by atoms with van der Waals surface area (Å²) >= 11 is 0. The summed E-state index contributed by atoms with van der Waals surface area (Å²) in [5.41, 5.74) is -3.02. The summed E-state index contributed by atoms with van der Waals surface area (Å²) in [6.45, 7) is -0.615. The predicted octanol–water partition coefficient (Wildman–Crippen LogP) is 3.40. The number of aliphatic hydroxyl groups excluding tert-OH is 1. The van der Waals surface area contributed by atoms with Gasteiger partial charge >= 0.3 is 12.4 Å². The lowest BCUT2D eigenvalue weighted by molar-refractivity contribution is -0.141. The van der Waals surface area contributed by atoms with Crippen molar-refractivity contribution in [3.8, 4) is 5.69 Å². The molecule has 21 heavy (non-hydrogen) atoms. The molecule has 1 aromatic heterocycles. The second-order valence-electron chi connectivity index (χ2n) is 4.15. The molecule has 9 heteroatoms. The average Bonchev–Trinajstić information content (AvgIpc) is 2.86. The average molecular weight is 310 g/mol. The number of halogens is 6. The van der Waals surface area contributed by atoms with Gasteiger partial charge in [0.2, 0.25) is 0 Å². The van der Waals surface area contributed by atoms with Gasteiger partial charge in [0.15, 0.2) is 5.69 Å². The van der Waals surface area contributed by atoms with Crippen molar-refractivity contribution in [3.63, 3.8) is 0 Å². The lowest BCUT2D eigenvalue weighted by Crippen LogP contribution is -2.13. The molecule has 0 amide bonds. The molecule has 0 atom stereocenters. The minimum absolute atomic E-state index is 0.00530. The first kappa shape index (κ1) is 15.4. The van der Waals surface area contributed by atoms with Gasteiger partial charge in [0, 0.05) is 6.20 Å². The van der Waals surface area contributed by atoms with Gasteiger partial charge in [0.1, 0.15) is 0 Å². The maximum absolute atomic E-state index is 12.9. The van der Waals surface area contributed by atoms with E-state index in [2.05, 4.69) is 5.10 Å². The van der Waals surface area contributed by atoms with Gasteiger partial charge in [0.25, 0.3) is 0 Å². The van der Waals surface area contributed by atoms with Crippen molar-refractivity contribution in [2.45, 2.75) is 19.0 Å². The predicted molar refractivity (Wildman–Crippen MR) is 59.5 cm³/mol. The van der Waals surface area contributed by atoms with E-state index < -0.39 is 35.9 Å². The Morgan fingerprint density at radius 3 is 2.14 bits per heavy atom. The van der Waals surface area contributed by atoms with E-state index in [-0.39, 0.29) is 5.56 Å². The Morgan fingerprint density at radius 2 is 1.67 bits per heavy atom. The summed E-state index contributed by atoms with van der Waals surface area (Å²) in [5.74, 6) is 0. The quantitative estimate of drug-likeness (QED) is 0.863. The molecule has 1 N–H and O–H groups in total. The first-order valence-electron chi connectivity index (χ1n) is 5.57. The highest BCUT2D eigenvalue weighted by Crippen LogP contribution is 2.35. The van der Waals surface area contributed by atoms with Gasteiger partial charge in [0.05, 0.1) is 17.9 Å². The van der Waals surface area contributed by atoms with Crippen molar-refractivity contribution in [2.75, 3.05) is 0 Å². The molecule has 1 heterocycles. The minimum atomic E-state index is -4.79. The number of aromatic nitrogens is 2. The van der Waals surface area contributed by atoms with E-state index in [1.807, 2.05) is 0 Å². The van der Waals surface area contributed by atoms with E-state index in [4.69, 9.17) is 5.11 Å². The smallest absolute Gasteiger partial charge is 0.392 e. The van der Waals surface area contributed by atoms with E-state index >= 15 is 0 Å². The fourth-order valence-corrected chi connectivity index (χ4v) is 1.72. The van der Waals surface area contributed by atoms with Crippen LogP contribution in [0.5, 0.6) is 0 Å². The number of rotatable bonds is 2. The van der Waals surface area contributed by atoms with E-state index in [0.717, 1.165) is 12.3 Å². The number of hydrogen-bond acceptors (Lipinski definition) is 2. The maximum atomic E-state index is 12.9. The highest BCUT2D eigenvalue weighted by atomic mass is 19.4. The van der Waals surface area contributed by atoms with Crippen molar-refractivity contribution in [1.29, 1.82) is 0 Å². The second-order valence-corrected chi connectivity index (χ2v) is 4.15. The van der Waals surface area contributed by atoms with Gasteiger partial charge in [-0.2, -0.15) is 31.4 Å². The lowest BCUT2D eigenvalue weighted by Gasteiger charge is -2.14. The van der Waals surface area contributed by atoms with E-state index in [1.165, 1.54) is 6.07 Å². The summed E-state index contributed by atoms with van der Waals surface area (Å²) in [7, 11) is 0. The summed E-state index contributed by atoms with van der Waals surface area (Å²) in [6.07, 6.45) is -8.73. The van der Waals surface area contributed by atoms with Gasteiger partial charge in [-0.25, -0.2) is 4.68 Å². The Bertz CT molecular complexity index is 644. The molecule has 1 aromatic carbocycles. The molecule has 3 nitrogen and oxygen atoms in total. The summed E-state index contributed by atoms with van der Waals surface area (Å²) < 4.78 is 76.7. The van der Waals surface area contributed by atoms with E-state index in [1.54, 1.807) is 0 Å². The van der Waals surface area contributed by atoms with Crippen LogP contribution < -0.4 is 0 Å². The molecular weight excluding hydrogens is 302 g/mol. The zero-order valence-corrected chi connectivity index (χ0v) is 10.2. The topological polar surface area (TPSA) is 38.0 Å². The van der Waals surface area contributed by atoms with Crippen LogP contribution in [0.3, 0.4) is 0 Å². The molecule has 0 fully saturated rings. The third-order valence-corrected chi connectivity index (χ3v) is 2.68. The van der Waals surface area contributed by atoms with Gasteiger partial charge in [-0.05, 0) is 23.8 Å². The monoisotopic (exact) mass is 310 g/mol. The van der Waals surface area contributed by atoms with Crippen LogP contribution in [0.4, 0.5) is 26.3 Å². The molecule has 0 unspecified atom stereocenters. The van der Waals surface area contributed by atoms with Crippen molar-refractivity contribution in [1.82, 2.24) is 9.78 Å². The molecule has 0 saturated carbocycles. The van der Waals surface area contributed by atoms with Crippen LogP contribution in [0.25, 0.3) is 5.69 Å². The van der Waals surface area contributed by atoms with Crippen LogP contribution in [0.2, 0.25) is 0 Å². The minimum Gasteiger partial charge on any atom is -0.392 e. The normalized spacial score (nSPS) is 12.7. The Kier molecular flexibility index (Phi) is 3.70. The molecule has 0 aliphatic carbocycles. The molecular formula is C12H8F6N2O. The molecule has 0 aliphatic rings. The molecule has 0 spiro atoms. The van der Waals surface area contributed by atoms with Crippen LogP contribution in [0, 0.1) is 0 Å². The molecule has 0 aliphatic heterocycles. The maximum Gasteiger partial charge on any atom is 0.435 e. The fourth-order valence-electron chi connectivity index (χ4n) is 1.72. The van der Waals surface area contributed by atoms with Crippen LogP contribution in [0.15, 0.2) is 30.5 Å². The zero-order valence-electron chi connectivity index (χ0n) is 10.2. The third-order valence-electron chi connectivity index (χ3n) is 2.68. The molecule has 0 radical (unpaired) electrons. The Hall–Kier alpha value is -2.03. The highest BCUT2D eigenvalue weighted by molar-refractivity contribution is 5.45. The molecule has 2 aromatic rings.